The fourth-order valence-electron chi connectivity index (χ4n) is 1.33. The third-order valence-electron chi connectivity index (χ3n) is 2.44. The van der Waals surface area contributed by atoms with Crippen molar-refractivity contribution in [2.45, 2.75) is 32.6 Å². The van der Waals surface area contributed by atoms with Gasteiger partial charge in [-0.25, -0.2) is 9.59 Å². The second-order valence-electron chi connectivity index (χ2n) is 4.04. The Morgan fingerprint density at radius 3 is 1.63 bits per heavy atom. The molecule has 0 heterocycles. The van der Waals surface area contributed by atoms with Crippen LogP contribution in [0.15, 0.2) is 24.3 Å². The molecule has 1 aromatic carbocycles. The van der Waals surface area contributed by atoms with Crippen molar-refractivity contribution < 1.29 is 19.8 Å². The Bertz CT molecular complexity index is 350. The van der Waals surface area contributed by atoms with Gasteiger partial charge in [0.15, 0.2) is 0 Å². The average Bonchev–Trinajstić information content (AvgIpc) is 2.40. The fraction of sp³-hybridized carbons (Fsp3) is 0.429. The molecule has 0 aromatic heterocycles. The van der Waals surface area contributed by atoms with Gasteiger partial charge >= 0.3 is 11.9 Å². The van der Waals surface area contributed by atoms with Crippen molar-refractivity contribution in [2.75, 3.05) is 6.54 Å². The van der Waals surface area contributed by atoms with E-state index in [4.69, 9.17) is 15.9 Å². The monoisotopic (exact) mass is 267 g/mol. The molecule has 19 heavy (non-hydrogen) atoms. The van der Waals surface area contributed by atoms with Crippen LogP contribution in [0.4, 0.5) is 0 Å². The predicted molar refractivity (Wildman–Crippen MR) is 73.6 cm³/mol. The zero-order chi connectivity index (χ0) is 14.7. The molecule has 5 heteroatoms. The maximum atomic E-state index is 10.3. The number of aromatic carboxylic acids is 2. The van der Waals surface area contributed by atoms with E-state index in [1.54, 1.807) is 0 Å². The summed E-state index contributed by atoms with van der Waals surface area (Å²) in [6.07, 6.45) is 5.16. The lowest BCUT2D eigenvalue weighted by Crippen LogP contribution is -1.99. The number of hydrogen-bond donors (Lipinski definition) is 3. The Kier molecular flexibility index (Phi) is 9.08. The third-order valence-corrected chi connectivity index (χ3v) is 2.44. The minimum absolute atomic E-state index is 0.0833. The summed E-state index contributed by atoms with van der Waals surface area (Å²) in [5.74, 6) is -2.13. The third kappa shape index (κ3) is 7.94. The molecule has 0 aliphatic heterocycles. The number of benzene rings is 1. The van der Waals surface area contributed by atoms with Crippen LogP contribution in [-0.2, 0) is 0 Å². The van der Waals surface area contributed by atoms with Crippen molar-refractivity contribution in [2.24, 2.45) is 5.73 Å². The van der Waals surface area contributed by atoms with Gasteiger partial charge in [-0.15, -0.1) is 0 Å². The summed E-state index contributed by atoms with van der Waals surface area (Å²) in [6, 6.07) is 5.02. The lowest BCUT2D eigenvalue weighted by molar-refractivity contribution is 0.0681. The molecule has 5 nitrogen and oxygen atoms in total. The minimum Gasteiger partial charge on any atom is -0.478 e. The first-order valence-corrected chi connectivity index (χ1v) is 6.29. The first kappa shape index (κ1) is 17.1. The van der Waals surface area contributed by atoms with Gasteiger partial charge in [-0.2, -0.15) is 0 Å². The highest BCUT2D eigenvalue weighted by atomic mass is 16.4. The molecule has 0 saturated heterocycles. The number of rotatable bonds is 6. The second-order valence-corrected chi connectivity index (χ2v) is 4.04. The summed E-state index contributed by atoms with van der Waals surface area (Å²) in [7, 11) is 0. The van der Waals surface area contributed by atoms with Crippen LogP contribution in [0, 0.1) is 0 Å². The summed E-state index contributed by atoms with van der Waals surface area (Å²) in [5.41, 5.74) is 5.44. The standard InChI is InChI=1S/C8H6O4.C6H15N/c9-7(10)5-1-2-6(4-3-5)8(11)12;1-2-3-4-5-6-7/h1-4H,(H,9,10)(H,11,12);2-7H2,1H3. The molecule has 0 saturated carbocycles. The van der Waals surface area contributed by atoms with Gasteiger partial charge in [0, 0.05) is 0 Å². The van der Waals surface area contributed by atoms with Gasteiger partial charge in [-0.1, -0.05) is 26.2 Å². The van der Waals surface area contributed by atoms with Crippen molar-refractivity contribution in [3.8, 4) is 0 Å². The summed E-state index contributed by atoms with van der Waals surface area (Å²) < 4.78 is 0. The van der Waals surface area contributed by atoms with Gasteiger partial charge in [0.1, 0.15) is 0 Å². The van der Waals surface area contributed by atoms with E-state index >= 15 is 0 Å². The minimum atomic E-state index is -1.06. The molecule has 1 aromatic rings. The van der Waals surface area contributed by atoms with E-state index in [2.05, 4.69) is 6.92 Å². The molecule has 0 atom stereocenters. The van der Waals surface area contributed by atoms with E-state index in [0.717, 1.165) is 6.54 Å². The van der Waals surface area contributed by atoms with E-state index in [0.29, 0.717) is 0 Å². The van der Waals surface area contributed by atoms with Crippen LogP contribution in [0.25, 0.3) is 0 Å². The van der Waals surface area contributed by atoms with E-state index in [1.807, 2.05) is 0 Å². The lowest BCUT2D eigenvalue weighted by Gasteiger charge is -1.94. The van der Waals surface area contributed by atoms with Crippen LogP contribution < -0.4 is 5.73 Å². The number of hydrogen-bond acceptors (Lipinski definition) is 3. The van der Waals surface area contributed by atoms with E-state index < -0.39 is 11.9 Å². The number of carboxylic acids is 2. The smallest absolute Gasteiger partial charge is 0.335 e. The molecule has 4 N–H and O–H groups in total. The fourth-order valence-corrected chi connectivity index (χ4v) is 1.33. The first-order chi connectivity index (χ1) is 9.02. The van der Waals surface area contributed by atoms with Crippen LogP contribution in [-0.4, -0.2) is 28.7 Å². The molecule has 1 rings (SSSR count). The molecular weight excluding hydrogens is 246 g/mol. The van der Waals surface area contributed by atoms with Gasteiger partial charge in [-0.05, 0) is 37.2 Å². The maximum Gasteiger partial charge on any atom is 0.335 e. The number of carbonyl (C=O) groups is 2. The normalized spacial score (nSPS) is 9.37. The largest absolute Gasteiger partial charge is 0.478 e. The van der Waals surface area contributed by atoms with E-state index in [1.165, 1.54) is 49.9 Å². The highest BCUT2D eigenvalue weighted by Crippen LogP contribution is 2.03. The highest BCUT2D eigenvalue weighted by molar-refractivity contribution is 5.91. The van der Waals surface area contributed by atoms with Gasteiger partial charge in [0.05, 0.1) is 11.1 Å². The van der Waals surface area contributed by atoms with Crippen molar-refractivity contribution in [1.82, 2.24) is 0 Å². The molecule has 0 aliphatic carbocycles. The summed E-state index contributed by atoms with van der Waals surface area (Å²) >= 11 is 0. The number of carboxylic acid groups (broad SMARTS) is 2. The predicted octanol–water partition coefficient (Wildman–Crippen LogP) is 2.61. The molecule has 0 radical (unpaired) electrons. The Balaban J connectivity index is 0.000000399. The van der Waals surface area contributed by atoms with Crippen molar-refractivity contribution in [1.29, 1.82) is 0 Å². The van der Waals surface area contributed by atoms with Crippen molar-refractivity contribution >= 4 is 11.9 Å². The van der Waals surface area contributed by atoms with Crippen LogP contribution in [0.5, 0.6) is 0 Å². The highest BCUT2D eigenvalue weighted by Gasteiger charge is 2.04. The number of unbranched alkanes of at least 4 members (excludes halogenated alkanes) is 3. The summed E-state index contributed by atoms with van der Waals surface area (Å²) in [4.78, 5) is 20.7. The summed E-state index contributed by atoms with van der Waals surface area (Å²) in [6.45, 7) is 3.07. The Labute approximate surface area is 113 Å². The van der Waals surface area contributed by atoms with Gasteiger partial charge in [0.2, 0.25) is 0 Å². The van der Waals surface area contributed by atoms with Gasteiger partial charge in [0.25, 0.3) is 0 Å². The van der Waals surface area contributed by atoms with E-state index in [-0.39, 0.29) is 11.1 Å². The molecule has 0 aliphatic rings. The molecule has 0 fully saturated rings. The zero-order valence-corrected chi connectivity index (χ0v) is 11.1. The zero-order valence-electron chi connectivity index (χ0n) is 11.1. The van der Waals surface area contributed by atoms with Crippen molar-refractivity contribution in [3.05, 3.63) is 35.4 Å². The molecule has 106 valence electrons. The quantitative estimate of drug-likeness (QED) is 0.688. The Hall–Kier alpha value is -1.88. The van der Waals surface area contributed by atoms with Crippen LogP contribution >= 0.6 is 0 Å². The molecular formula is C14H21NO4. The number of nitrogens with two attached hydrogens (primary N) is 1. The van der Waals surface area contributed by atoms with Gasteiger partial charge in [-0.3, -0.25) is 0 Å². The van der Waals surface area contributed by atoms with Crippen molar-refractivity contribution in [3.63, 3.8) is 0 Å². The second kappa shape index (κ2) is 10.1. The molecule has 0 bridgehead atoms. The Morgan fingerprint density at radius 1 is 0.947 bits per heavy atom. The SMILES string of the molecule is CCCCCCN.O=C(O)c1ccc(C(=O)O)cc1. The molecule has 0 unspecified atom stereocenters. The maximum absolute atomic E-state index is 10.3. The topological polar surface area (TPSA) is 101 Å². The Morgan fingerprint density at radius 2 is 1.37 bits per heavy atom. The van der Waals surface area contributed by atoms with Gasteiger partial charge < -0.3 is 15.9 Å². The van der Waals surface area contributed by atoms with Crippen LogP contribution in [0.1, 0.15) is 53.3 Å². The lowest BCUT2D eigenvalue weighted by atomic mass is 10.1. The molecule has 0 amide bonds. The first-order valence-electron chi connectivity index (χ1n) is 6.29. The van der Waals surface area contributed by atoms with E-state index in [9.17, 15) is 9.59 Å². The van der Waals surface area contributed by atoms with Crippen LogP contribution in [0.2, 0.25) is 0 Å². The van der Waals surface area contributed by atoms with Crippen LogP contribution in [0.3, 0.4) is 0 Å². The summed E-state index contributed by atoms with van der Waals surface area (Å²) in [5, 5.41) is 16.9. The average molecular weight is 267 g/mol. The molecule has 0 spiro atoms.